The van der Waals surface area contributed by atoms with Crippen LogP contribution in [0.25, 0.3) is 10.4 Å². The Morgan fingerprint density at radius 3 is 2.92 bits per heavy atom. The maximum Gasteiger partial charge on any atom is 0.127 e. The molecule has 0 fully saturated rings. The Hall–Kier alpha value is -0.810. The van der Waals surface area contributed by atoms with E-state index < -0.39 is 0 Å². The van der Waals surface area contributed by atoms with Crippen molar-refractivity contribution in [1.82, 2.24) is 10.2 Å². The topological polar surface area (TPSA) is 54.7 Å². The monoisotopic (exact) mass is 243 g/mol. The molecule has 3 nitrogen and oxygen atoms in total. The van der Waals surface area contributed by atoms with E-state index in [4.69, 9.17) is 5.73 Å². The molecule has 0 aliphatic heterocycles. The normalized spacial score (nSPS) is 10.4. The van der Waals surface area contributed by atoms with Crippen LogP contribution in [0.2, 0.25) is 0 Å². The number of aromatic amines is 1. The van der Waals surface area contributed by atoms with Crippen molar-refractivity contribution < 1.29 is 0 Å². The summed E-state index contributed by atoms with van der Waals surface area (Å²) in [6, 6.07) is 2.02. The van der Waals surface area contributed by atoms with Gasteiger partial charge in [0.15, 0.2) is 0 Å². The lowest BCUT2D eigenvalue weighted by Crippen LogP contribution is -1.85. The highest BCUT2D eigenvalue weighted by atomic mass is 79.9. The van der Waals surface area contributed by atoms with Gasteiger partial charge in [-0.2, -0.15) is 5.10 Å². The molecule has 2 aromatic heterocycles. The van der Waals surface area contributed by atoms with E-state index in [0.29, 0.717) is 5.82 Å². The van der Waals surface area contributed by atoms with Crippen LogP contribution in [0.3, 0.4) is 0 Å². The van der Waals surface area contributed by atoms with Crippen molar-refractivity contribution in [1.29, 1.82) is 0 Å². The van der Waals surface area contributed by atoms with Gasteiger partial charge in [-0.1, -0.05) is 0 Å². The molecule has 2 aromatic rings. The lowest BCUT2D eigenvalue weighted by molar-refractivity contribution is 1.10. The minimum absolute atomic E-state index is 0.615. The number of nitrogens with one attached hydrogen (secondary N) is 1. The first-order valence-corrected chi connectivity index (χ1v) is 4.98. The van der Waals surface area contributed by atoms with Crippen LogP contribution in [0.1, 0.15) is 0 Å². The average Bonchev–Trinajstić information content (AvgIpc) is 2.58. The lowest BCUT2D eigenvalue weighted by Gasteiger charge is -1.90. The number of halogens is 1. The van der Waals surface area contributed by atoms with Crippen LogP contribution in [0.4, 0.5) is 5.82 Å². The number of hydrogen-bond donors (Lipinski definition) is 2. The number of nitrogen functional groups attached to an aromatic ring is 1. The maximum atomic E-state index is 5.66. The Morgan fingerprint density at radius 1 is 1.58 bits per heavy atom. The van der Waals surface area contributed by atoms with Crippen LogP contribution < -0.4 is 5.73 Å². The van der Waals surface area contributed by atoms with E-state index in [1.54, 1.807) is 17.5 Å². The molecule has 62 valence electrons. The van der Waals surface area contributed by atoms with Gasteiger partial charge in [-0.3, -0.25) is 5.10 Å². The molecule has 0 radical (unpaired) electrons. The summed E-state index contributed by atoms with van der Waals surface area (Å²) >= 11 is 5.02. The zero-order chi connectivity index (χ0) is 8.55. The molecule has 0 atom stereocenters. The van der Waals surface area contributed by atoms with E-state index in [1.165, 1.54) is 0 Å². The van der Waals surface area contributed by atoms with Crippen molar-refractivity contribution in [2.24, 2.45) is 0 Å². The molecule has 2 rings (SSSR count). The molecule has 0 saturated heterocycles. The average molecular weight is 244 g/mol. The smallest absolute Gasteiger partial charge is 0.127 e. The van der Waals surface area contributed by atoms with Gasteiger partial charge >= 0.3 is 0 Å². The molecule has 0 amide bonds. The highest BCUT2D eigenvalue weighted by Gasteiger charge is 2.06. The number of H-pyrrole nitrogens is 1. The predicted molar refractivity (Wildman–Crippen MR) is 54.0 cm³/mol. The van der Waals surface area contributed by atoms with Gasteiger partial charge in [0.05, 0.1) is 11.8 Å². The van der Waals surface area contributed by atoms with Crippen LogP contribution in [0.5, 0.6) is 0 Å². The third kappa shape index (κ3) is 1.25. The quantitative estimate of drug-likeness (QED) is 0.809. The number of anilines is 1. The number of hydrogen-bond acceptors (Lipinski definition) is 3. The molecular formula is C7H6BrN3S. The molecule has 0 aliphatic rings. The summed E-state index contributed by atoms with van der Waals surface area (Å²) in [5.41, 5.74) is 6.62. The van der Waals surface area contributed by atoms with Gasteiger partial charge in [0.25, 0.3) is 0 Å². The van der Waals surface area contributed by atoms with E-state index in [-0.39, 0.29) is 0 Å². The van der Waals surface area contributed by atoms with Crippen molar-refractivity contribution in [3.63, 3.8) is 0 Å². The third-order valence-electron chi connectivity index (χ3n) is 1.50. The number of aromatic nitrogens is 2. The summed E-state index contributed by atoms with van der Waals surface area (Å²) in [5, 5.41) is 8.56. The SMILES string of the molecule is Nc1[nH]ncc1-c1cc(Br)cs1. The summed E-state index contributed by atoms with van der Waals surface area (Å²) in [5.74, 6) is 0.615. The maximum absolute atomic E-state index is 5.66. The number of nitrogens with two attached hydrogens (primary N) is 1. The van der Waals surface area contributed by atoms with Crippen LogP contribution >= 0.6 is 27.3 Å². The van der Waals surface area contributed by atoms with Gasteiger partial charge in [-0.25, -0.2) is 0 Å². The molecule has 5 heteroatoms. The zero-order valence-corrected chi connectivity index (χ0v) is 8.45. The number of thiophene rings is 1. The van der Waals surface area contributed by atoms with Gasteiger partial charge in [0.1, 0.15) is 5.82 Å². The fraction of sp³-hybridized carbons (Fsp3) is 0. The Balaban J connectivity index is 2.50. The standard InChI is InChI=1S/C7H6BrN3S/c8-4-1-6(12-3-4)5-2-10-11-7(5)9/h1-3H,(H3,9,10,11). The highest BCUT2D eigenvalue weighted by Crippen LogP contribution is 2.31. The van der Waals surface area contributed by atoms with Crippen molar-refractivity contribution >= 4 is 33.1 Å². The summed E-state index contributed by atoms with van der Waals surface area (Å²) in [6.45, 7) is 0. The van der Waals surface area contributed by atoms with Crippen LogP contribution in [0, 0.1) is 0 Å². The molecular weight excluding hydrogens is 238 g/mol. The van der Waals surface area contributed by atoms with E-state index in [9.17, 15) is 0 Å². The first-order chi connectivity index (χ1) is 5.77. The molecule has 0 aromatic carbocycles. The Kier molecular flexibility index (Phi) is 1.90. The molecule has 0 saturated carbocycles. The fourth-order valence-electron chi connectivity index (χ4n) is 0.947. The lowest BCUT2D eigenvalue weighted by atomic mass is 10.3. The van der Waals surface area contributed by atoms with E-state index in [2.05, 4.69) is 26.1 Å². The zero-order valence-electron chi connectivity index (χ0n) is 6.04. The van der Waals surface area contributed by atoms with E-state index in [0.717, 1.165) is 14.9 Å². The second-order valence-corrected chi connectivity index (χ2v) is 4.15. The summed E-state index contributed by atoms with van der Waals surface area (Å²) in [4.78, 5) is 1.12. The van der Waals surface area contributed by atoms with Crippen LogP contribution in [0.15, 0.2) is 22.1 Å². The molecule has 0 bridgehead atoms. The van der Waals surface area contributed by atoms with Gasteiger partial charge in [-0.15, -0.1) is 11.3 Å². The second-order valence-electron chi connectivity index (χ2n) is 2.33. The Morgan fingerprint density at radius 2 is 2.42 bits per heavy atom. The summed E-state index contributed by atoms with van der Waals surface area (Å²) < 4.78 is 1.07. The second kappa shape index (κ2) is 2.91. The molecule has 12 heavy (non-hydrogen) atoms. The van der Waals surface area contributed by atoms with E-state index in [1.807, 2.05) is 11.4 Å². The van der Waals surface area contributed by atoms with Crippen molar-refractivity contribution in [3.05, 3.63) is 22.1 Å². The molecule has 0 aliphatic carbocycles. The highest BCUT2D eigenvalue weighted by molar-refractivity contribution is 9.10. The summed E-state index contributed by atoms with van der Waals surface area (Å²) in [6.07, 6.45) is 1.73. The minimum Gasteiger partial charge on any atom is -0.384 e. The molecule has 0 spiro atoms. The Bertz CT molecular complexity index is 393. The fourth-order valence-corrected chi connectivity index (χ4v) is 2.40. The molecule has 0 unspecified atom stereocenters. The largest absolute Gasteiger partial charge is 0.384 e. The van der Waals surface area contributed by atoms with Gasteiger partial charge in [0.2, 0.25) is 0 Å². The first kappa shape index (κ1) is 7.82. The van der Waals surface area contributed by atoms with Crippen molar-refractivity contribution in [2.75, 3.05) is 5.73 Å². The first-order valence-electron chi connectivity index (χ1n) is 3.30. The van der Waals surface area contributed by atoms with Crippen molar-refractivity contribution in [3.8, 4) is 10.4 Å². The minimum atomic E-state index is 0.615. The van der Waals surface area contributed by atoms with Crippen molar-refractivity contribution in [2.45, 2.75) is 0 Å². The third-order valence-corrected chi connectivity index (χ3v) is 3.23. The van der Waals surface area contributed by atoms with Crippen LogP contribution in [-0.4, -0.2) is 10.2 Å². The van der Waals surface area contributed by atoms with Gasteiger partial charge in [0, 0.05) is 14.7 Å². The number of rotatable bonds is 1. The Labute approximate surface area is 81.7 Å². The number of nitrogens with zero attached hydrogens (tertiary/aromatic N) is 1. The molecule has 3 N–H and O–H groups in total. The molecule has 2 heterocycles. The summed E-state index contributed by atoms with van der Waals surface area (Å²) in [7, 11) is 0. The van der Waals surface area contributed by atoms with Gasteiger partial charge in [-0.05, 0) is 22.0 Å². The van der Waals surface area contributed by atoms with Crippen LogP contribution in [-0.2, 0) is 0 Å². The van der Waals surface area contributed by atoms with Gasteiger partial charge < -0.3 is 5.73 Å². The predicted octanol–water partition coefficient (Wildman–Crippen LogP) is 2.48. The van der Waals surface area contributed by atoms with E-state index >= 15 is 0 Å².